The van der Waals surface area contributed by atoms with Gasteiger partial charge in [-0.2, -0.15) is 0 Å². The zero-order valence-corrected chi connectivity index (χ0v) is 36.3. The van der Waals surface area contributed by atoms with Crippen molar-refractivity contribution in [2.75, 3.05) is 27.4 Å². The molecule has 5 N–H and O–H groups in total. The Hall–Kier alpha value is -6.16. The van der Waals surface area contributed by atoms with Gasteiger partial charge in [-0.05, 0) is 84.4 Å². The van der Waals surface area contributed by atoms with E-state index in [0.29, 0.717) is 44.2 Å². The number of nitrogens with one attached hydrogen (secondary N) is 4. The van der Waals surface area contributed by atoms with Gasteiger partial charge in [-0.15, -0.1) is 0 Å². The summed E-state index contributed by atoms with van der Waals surface area (Å²) in [4.78, 5) is 72.2. The normalized spacial score (nSPS) is 21.0. The highest BCUT2D eigenvalue weighted by Gasteiger charge is 2.43. The number of aromatic nitrogens is 4. The maximum Gasteiger partial charge on any atom is 0.407 e. The average molecular weight is 849 g/mol. The van der Waals surface area contributed by atoms with Crippen LogP contribution in [0.2, 0.25) is 0 Å². The summed E-state index contributed by atoms with van der Waals surface area (Å²) in [6.07, 6.45) is 2.85. The minimum absolute atomic E-state index is 0.0234. The van der Waals surface area contributed by atoms with Gasteiger partial charge in [0.05, 0.1) is 48.7 Å². The number of nitrogens with zero attached hydrogens (tertiary/aromatic N) is 4. The van der Waals surface area contributed by atoms with Crippen LogP contribution in [0.4, 0.5) is 9.59 Å². The quantitative estimate of drug-likeness (QED) is 0.0847. The van der Waals surface area contributed by atoms with Crippen LogP contribution in [-0.2, 0) is 25.7 Å². The van der Waals surface area contributed by atoms with Crippen LogP contribution in [0.15, 0.2) is 48.7 Å². The van der Waals surface area contributed by atoms with Crippen molar-refractivity contribution >= 4 is 45.8 Å². The number of aromatic amines is 2. The Morgan fingerprint density at radius 2 is 1.76 bits per heavy atom. The molecule has 0 unspecified atom stereocenters. The Bertz CT molecular complexity index is 2510. The number of benzene rings is 3. The molecule has 7 atom stereocenters. The number of H-pyrrole nitrogens is 2. The minimum Gasteiger partial charge on any atom is -0.488 e. The minimum atomic E-state index is -1.24. The summed E-state index contributed by atoms with van der Waals surface area (Å²) in [7, 11) is 2.94. The van der Waals surface area contributed by atoms with E-state index in [1.54, 1.807) is 12.0 Å². The molecule has 0 saturated carbocycles. The van der Waals surface area contributed by atoms with Crippen LogP contribution < -0.4 is 15.4 Å². The van der Waals surface area contributed by atoms with Gasteiger partial charge in [0.15, 0.2) is 0 Å². The van der Waals surface area contributed by atoms with E-state index in [0.717, 1.165) is 68.3 Å². The molecule has 0 bridgehead atoms. The van der Waals surface area contributed by atoms with Crippen LogP contribution in [0.1, 0.15) is 89.6 Å². The molecule has 8 rings (SSSR count). The van der Waals surface area contributed by atoms with Gasteiger partial charge >= 0.3 is 12.2 Å². The van der Waals surface area contributed by atoms with Gasteiger partial charge in [-0.1, -0.05) is 52.3 Å². The zero-order chi connectivity index (χ0) is 44.0. The number of alkyl carbamates (subject to hydrolysis) is 1. The highest BCUT2D eigenvalue weighted by Crippen LogP contribution is 2.44. The van der Waals surface area contributed by atoms with Crippen LogP contribution >= 0.6 is 0 Å². The molecule has 16 heteroatoms. The number of hydrogen-bond donors (Lipinski definition) is 5. The van der Waals surface area contributed by atoms with Crippen molar-refractivity contribution in [1.82, 2.24) is 40.4 Å². The van der Waals surface area contributed by atoms with Gasteiger partial charge in [0.2, 0.25) is 11.8 Å². The van der Waals surface area contributed by atoms with Crippen LogP contribution in [0.5, 0.6) is 5.75 Å². The molecule has 0 radical (unpaired) electrons. The molecule has 2 saturated heterocycles. The maximum atomic E-state index is 14.0. The lowest BCUT2D eigenvalue weighted by molar-refractivity contribution is -0.137. The van der Waals surface area contributed by atoms with Crippen molar-refractivity contribution in [2.45, 2.75) is 97.1 Å². The molecule has 0 spiro atoms. The molecule has 2 fully saturated rings. The summed E-state index contributed by atoms with van der Waals surface area (Å²) in [5.41, 5.74) is 6.42. The third-order valence-corrected chi connectivity index (χ3v) is 13.0. The van der Waals surface area contributed by atoms with Crippen LogP contribution in [0, 0.1) is 17.8 Å². The monoisotopic (exact) mass is 848 g/mol. The first-order valence-corrected chi connectivity index (χ1v) is 21.5. The molecule has 5 aromatic rings. The van der Waals surface area contributed by atoms with E-state index in [1.807, 2.05) is 57.8 Å². The number of methoxy groups -OCH3 is 2. The van der Waals surface area contributed by atoms with E-state index in [4.69, 9.17) is 24.2 Å². The van der Waals surface area contributed by atoms with E-state index in [1.165, 1.54) is 7.11 Å². The first-order valence-electron chi connectivity index (χ1n) is 21.5. The SMILES string of the molecule is CC[C@H](C)[C@H](NC(=O)OC)C(=O)N1[C@@H](C)CC[C@H]1c1ncc(-c2ccc3c(c2)COc2cc4c(ccc5[nH]c([C@@H]6C[C@H](COC)CN6C(=O)[C@@H](NC(=O)O)C(C)C)nc54)cc2-3)[nH]1. The second kappa shape index (κ2) is 17.3. The van der Waals surface area contributed by atoms with E-state index in [-0.39, 0.29) is 47.7 Å². The molecule has 3 aliphatic heterocycles. The number of hydrogen-bond acceptors (Lipinski definition) is 9. The number of fused-ring (bicyclic) bond motifs is 6. The molecule has 2 aromatic heterocycles. The van der Waals surface area contributed by atoms with Gasteiger partial charge in [0.1, 0.15) is 36.1 Å². The number of imidazole rings is 2. The predicted octanol–water partition coefficient (Wildman–Crippen LogP) is 7.32. The van der Waals surface area contributed by atoms with Gasteiger partial charge in [-0.25, -0.2) is 19.6 Å². The van der Waals surface area contributed by atoms with Crippen molar-refractivity contribution in [3.63, 3.8) is 0 Å². The maximum absolute atomic E-state index is 14.0. The molecular weight excluding hydrogens is 793 g/mol. The second-order valence-electron chi connectivity index (χ2n) is 17.4. The van der Waals surface area contributed by atoms with E-state index in [2.05, 4.69) is 50.9 Å². The summed E-state index contributed by atoms with van der Waals surface area (Å²) in [6.45, 7) is 10.9. The fourth-order valence-electron chi connectivity index (χ4n) is 9.54. The lowest BCUT2D eigenvalue weighted by Crippen LogP contribution is -2.53. The lowest BCUT2D eigenvalue weighted by atomic mass is 9.92. The standard InChI is InChI=1S/C46H56N8O8/c1-8-24(4)39(52-46(59)61-7)44(56)54-25(5)9-14-35(54)41-47-19-34(49-41)28-10-12-30-29(16-28)22-62-37-18-31-27(17-32(30)37)11-13-33-40(31)50-42(48-33)36-15-26(21-60-6)20-53(36)43(55)38(23(2)3)51-45(57)58/h10-13,16-19,23-26,35-36,38-39,51H,8-9,14-15,20-22H2,1-7H3,(H,47,49)(H,48,50)(H,52,59)(H,57,58)/t24-,25-,26-,35-,36-,38-,39-/m0/s1. The smallest absolute Gasteiger partial charge is 0.407 e. The highest BCUT2D eigenvalue weighted by molar-refractivity contribution is 6.07. The summed E-state index contributed by atoms with van der Waals surface area (Å²) in [5, 5.41) is 16.6. The Morgan fingerprint density at radius 1 is 0.952 bits per heavy atom. The van der Waals surface area contributed by atoms with Gasteiger partial charge in [0.25, 0.3) is 0 Å². The van der Waals surface area contributed by atoms with Gasteiger partial charge < -0.3 is 49.7 Å². The molecule has 4 amide bonds. The average Bonchev–Trinajstić information content (AvgIpc) is 4.09. The summed E-state index contributed by atoms with van der Waals surface area (Å²) in [5.74, 6) is 1.40. The fraction of sp³-hybridized carbons (Fsp3) is 0.478. The lowest BCUT2D eigenvalue weighted by Gasteiger charge is -2.33. The summed E-state index contributed by atoms with van der Waals surface area (Å²) in [6, 6.07) is 12.2. The molecule has 5 heterocycles. The van der Waals surface area contributed by atoms with Crippen molar-refractivity contribution in [1.29, 1.82) is 0 Å². The predicted molar refractivity (Wildman–Crippen MR) is 232 cm³/mol. The Morgan fingerprint density at radius 3 is 2.48 bits per heavy atom. The first kappa shape index (κ1) is 42.5. The zero-order valence-electron chi connectivity index (χ0n) is 36.3. The van der Waals surface area contributed by atoms with E-state index >= 15 is 0 Å². The number of ether oxygens (including phenoxy) is 3. The van der Waals surface area contributed by atoms with Crippen molar-refractivity contribution in [3.05, 3.63) is 65.9 Å². The van der Waals surface area contributed by atoms with Crippen LogP contribution in [-0.4, -0.2) is 104 Å². The number of carbonyl (C=O) groups is 4. The molecule has 328 valence electrons. The summed E-state index contributed by atoms with van der Waals surface area (Å²) < 4.78 is 16.8. The third kappa shape index (κ3) is 7.91. The second-order valence-corrected chi connectivity index (χ2v) is 17.4. The number of likely N-dealkylation sites (tertiary alicyclic amines) is 2. The number of rotatable bonds is 12. The molecule has 3 aliphatic rings. The molecule has 0 aliphatic carbocycles. The Labute approximate surface area is 360 Å². The molecule has 3 aromatic carbocycles. The Balaban J connectivity index is 1.05. The third-order valence-electron chi connectivity index (χ3n) is 13.0. The van der Waals surface area contributed by atoms with Crippen LogP contribution in [0.3, 0.4) is 0 Å². The fourth-order valence-corrected chi connectivity index (χ4v) is 9.54. The number of carbonyl (C=O) groups excluding carboxylic acids is 3. The number of carboxylic acid groups (broad SMARTS) is 1. The largest absolute Gasteiger partial charge is 0.488 e. The van der Waals surface area contributed by atoms with E-state index < -0.39 is 24.3 Å². The van der Waals surface area contributed by atoms with Gasteiger partial charge in [0, 0.05) is 36.6 Å². The van der Waals surface area contributed by atoms with Gasteiger partial charge in [-0.3, -0.25) is 9.59 Å². The number of amides is 4. The topological polar surface area (TPSA) is 204 Å². The molecular formula is C46H56N8O8. The van der Waals surface area contributed by atoms with E-state index in [9.17, 15) is 24.3 Å². The highest BCUT2D eigenvalue weighted by atomic mass is 16.5. The van der Waals surface area contributed by atoms with Crippen molar-refractivity contribution in [2.24, 2.45) is 17.8 Å². The van der Waals surface area contributed by atoms with Crippen molar-refractivity contribution < 1.29 is 38.5 Å². The Kier molecular flexibility index (Phi) is 11.9. The van der Waals surface area contributed by atoms with Crippen molar-refractivity contribution in [3.8, 4) is 28.1 Å². The summed E-state index contributed by atoms with van der Waals surface area (Å²) >= 11 is 0. The molecule has 62 heavy (non-hydrogen) atoms. The molecule has 16 nitrogen and oxygen atoms in total. The first-order chi connectivity index (χ1) is 29.8. The van der Waals surface area contributed by atoms with Crippen LogP contribution in [0.25, 0.3) is 44.2 Å².